The Morgan fingerprint density at radius 3 is 2.68 bits per heavy atom. The number of anilines is 1. The molecule has 150 valence electrons. The zero-order valence-electron chi connectivity index (χ0n) is 17.0. The number of hydrogen-bond donors (Lipinski definition) is 0. The van der Waals surface area contributed by atoms with E-state index in [0.29, 0.717) is 5.92 Å². The third-order valence-corrected chi connectivity index (χ3v) is 6.66. The van der Waals surface area contributed by atoms with Crippen molar-refractivity contribution >= 4 is 39.0 Å². The van der Waals surface area contributed by atoms with Crippen molar-refractivity contribution in [3.05, 3.63) is 38.3 Å². The summed E-state index contributed by atoms with van der Waals surface area (Å²) in [5.41, 5.74) is 4.94. The van der Waals surface area contributed by atoms with Gasteiger partial charge >= 0.3 is 0 Å². The highest BCUT2D eigenvalue weighted by Crippen LogP contribution is 2.41. The third kappa shape index (κ3) is 3.22. The van der Waals surface area contributed by atoms with Crippen LogP contribution in [0.15, 0.2) is 10.5 Å². The maximum atomic E-state index is 6.82. The number of hydrogen-bond acceptors (Lipinski definition) is 4. The predicted octanol–water partition coefficient (Wildman–Crippen LogP) is 5.26. The number of aryl methyl sites for hydroxylation is 3. The van der Waals surface area contributed by atoms with Crippen LogP contribution >= 0.6 is 27.5 Å². The fourth-order valence-corrected chi connectivity index (χ4v) is 4.86. The van der Waals surface area contributed by atoms with E-state index in [-0.39, 0.29) is 6.04 Å². The lowest BCUT2D eigenvalue weighted by Gasteiger charge is -2.27. The van der Waals surface area contributed by atoms with E-state index >= 15 is 0 Å². The highest BCUT2D eigenvalue weighted by molar-refractivity contribution is 9.10. The van der Waals surface area contributed by atoms with E-state index in [2.05, 4.69) is 52.7 Å². The first-order valence-corrected chi connectivity index (χ1v) is 11.0. The molecule has 28 heavy (non-hydrogen) atoms. The average molecular weight is 466 g/mol. The summed E-state index contributed by atoms with van der Waals surface area (Å²) in [7, 11) is 0. The van der Waals surface area contributed by atoms with Gasteiger partial charge in [-0.1, -0.05) is 25.4 Å². The second-order valence-corrected chi connectivity index (χ2v) is 9.26. The Morgan fingerprint density at radius 1 is 1.21 bits per heavy atom. The molecule has 1 aliphatic heterocycles. The molecule has 0 spiro atoms. The van der Waals surface area contributed by atoms with E-state index in [0.717, 1.165) is 69.7 Å². The molecule has 0 amide bonds. The molecule has 1 saturated heterocycles. The van der Waals surface area contributed by atoms with Crippen molar-refractivity contribution in [2.75, 3.05) is 11.4 Å². The van der Waals surface area contributed by atoms with Crippen LogP contribution in [-0.2, 0) is 6.54 Å². The molecule has 4 rings (SSSR count). The van der Waals surface area contributed by atoms with E-state index in [1.807, 2.05) is 23.0 Å². The number of fused-ring (bicyclic) bond motifs is 1. The Kier molecular flexibility index (Phi) is 5.16. The molecule has 8 heteroatoms. The van der Waals surface area contributed by atoms with Crippen LogP contribution in [0, 0.1) is 26.7 Å². The molecule has 3 aromatic heterocycles. The molecule has 3 aromatic rings. The molecular formula is C20H26BrClN6. The van der Waals surface area contributed by atoms with Gasteiger partial charge in [-0.3, -0.25) is 4.68 Å². The van der Waals surface area contributed by atoms with Crippen molar-refractivity contribution in [3.63, 3.8) is 0 Å². The van der Waals surface area contributed by atoms with Gasteiger partial charge in [-0.2, -0.15) is 14.7 Å². The lowest BCUT2D eigenvalue weighted by Crippen LogP contribution is -2.26. The van der Waals surface area contributed by atoms with E-state index in [1.54, 1.807) is 0 Å². The van der Waals surface area contributed by atoms with E-state index in [1.165, 1.54) is 0 Å². The summed E-state index contributed by atoms with van der Waals surface area (Å²) in [6.07, 6.45) is 2.16. The number of halogens is 2. The Morgan fingerprint density at radius 2 is 1.96 bits per heavy atom. The Bertz CT molecular complexity index is 1040. The normalized spacial score (nSPS) is 17.4. The van der Waals surface area contributed by atoms with Gasteiger partial charge in [0.2, 0.25) is 0 Å². The van der Waals surface area contributed by atoms with Crippen LogP contribution in [0.25, 0.3) is 5.65 Å². The summed E-state index contributed by atoms with van der Waals surface area (Å²) in [5, 5.41) is 10.2. The van der Waals surface area contributed by atoms with Gasteiger partial charge in [-0.15, -0.1) is 0 Å². The zero-order chi connectivity index (χ0) is 20.2. The summed E-state index contributed by atoms with van der Waals surface area (Å²) in [4.78, 5) is 7.10. The van der Waals surface area contributed by atoms with Crippen molar-refractivity contribution in [1.82, 2.24) is 24.4 Å². The maximum Gasteiger partial charge on any atom is 0.172 e. The first-order chi connectivity index (χ1) is 13.3. The standard InChI is InChI=1S/C20H26BrClN6/c1-11(2)10-27-19(22)17(13(4)24-27)15-7-6-8-26(15)16-9-12(3)23-20-18(21)14(5)25-28(16)20/h9,11,15H,6-8,10H2,1-5H3. The second kappa shape index (κ2) is 7.34. The fourth-order valence-electron chi connectivity index (χ4n) is 4.16. The second-order valence-electron chi connectivity index (χ2n) is 8.11. The van der Waals surface area contributed by atoms with Gasteiger partial charge in [-0.05, 0) is 55.5 Å². The van der Waals surface area contributed by atoms with Crippen LogP contribution in [0.3, 0.4) is 0 Å². The summed E-state index contributed by atoms with van der Waals surface area (Å²) in [5.74, 6) is 1.56. The van der Waals surface area contributed by atoms with Crippen molar-refractivity contribution in [2.45, 2.75) is 60.0 Å². The zero-order valence-corrected chi connectivity index (χ0v) is 19.3. The van der Waals surface area contributed by atoms with E-state index in [9.17, 15) is 0 Å². The first kappa shape index (κ1) is 19.7. The highest BCUT2D eigenvalue weighted by atomic mass is 79.9. The average Bonchev–Trinajstić information content (AvgIpc) is 3.26. The van der Waals surface area contributed by atoms with Crippen molar-refractivity contribution < 1.29 is 0 Å². The van der Waals surface area contributed by atoms with Crippen LogP contribution in [0.5, 0.6) is 0 Å². The molecule has 1 fully saturated rings. The molecule has 0 aromatic carbocycles. The van der Waals surface area contributed by atoms with Crippen LogP contribution in [0.4, 0.5) is 5.82 Å². The monoisotopic (exact) mass is 464 g/mol. The Balaban J connectivity index is 1.82. The lowest BCUT2D eigenvalue weighted by atomic mass is 10.1. The van der Waals surface area contributed by atoms with Gasteiger partial charge in [-0.25, -0.2) is 4.98 Å². The SMILES string of the molecule is Cc1cc(N2CCCC2c2c(C)nn(CC(C)C)c2Cl)n2nc(C)c(Br)c2n1. The molecular weight excluding hydrogens is 440 g/mol. The minimum absolute atomic E-state index is 0.196. The molecule has 0 radical (unpaired) electrons. The third-order valence-electron chi connectivity index (χ3n) is 5.33. The quantitative estimate of drug-likeness (QED) is 0.527. The van der Waals surface area contributed by atoms with Crippen molar-refractivity contribution in [3.8, 4) is 0 Å². The van der Waals surface area contributed by atoms with E-state index < -0.39 is 0 Å². The minimum Gasteiger partial charge on any atom is -0.349 e. The van der Waals surface area contributed by atoms with Gasteiger partial charge < -0.3 is 4.90 Å². The Hall–Kier alpha value is -1.60. The van der Waals surface area contributed by atoms with Gasteiger partial charge in [0, 0.05) is 30.4 Å². The lowest BCUT2D eigenvalue weighted by molar-refractivity contribution is 0.481. The van der Waals surface area contributed by atoms with Crippen LogP contribution in [0.1, 0.15) is 55.4 Å². The van der Waals surface area contributed by atoms with Crippen molar-refractivity contribution in [2.24, 2.45) is 5.92 Å². The molecule has 1 aliphatic rings. The largest absolute Gasteiger partial charge is 0.349 e. The molecule has 0 bridgehead atoms. The smallest absolute Gasteiger partial charge is 0.172 e. The molecule has 0 aliphatic carbocycles. The molecule has 1 unspecified atom stereocenters. The molecule has 1 atom stereocenters. The Labute approximate surface area is 179 Å². The molecule has 0 saturated carbocycles. The predicted molar refractivity (Wildman–Crippen MR) is 116 cm³/mol. The molecule has 6 nitrogen and oxygen atoms in total. The summed E-state index contributed by atoms with van der Waals surface area (Å²) in [6.45, 7) is 12.3. The topological polar surface area (TPSA) is 51.2 Å². The van der Waals surface area contributed by atoms with Gasteiger partial charge in [0.25, 0.3) is 0 Å². The fraction of sp³-hybridized carbons (Fsp3) is 0.550. The molecule has 0 N–H and O–H groups in total. The highest BCUT2D eigenvalue weighted by Gasteiger charge is 2.33. The summed E-state index contributed by atoms with van der Waals surface area (Å²) < 4.78 is 4.86. The van der Waals surface area contributed by atoms with Crippen molar-refractivity contribution in [1.29, 1.82) is 0 Å². The van der Waals surface area contributed by atoms with Gasteiger partial charge in [0.05, 0.1) is 21.9 Å². The number of rotatable bonds is 4. The summed E-state index contributed by atoms with van der Waals surface area (Å²) in [6, 6.07) is 2.31. The number of nitrogens with zero attached hydrogens (tertiary/aromatic N) is 6. The summed E-state index contributed by atoms with van der Waals surface area (Å²) >= 11 is 10.5. The van der Waals surface area contributed by atoms with Crippen LogP contribution < -0.4 is 4.90 Å². The van der Waals surface area contributed by atoms with Crippen LogP contribution in [-0.4, -0.2) is 30.9 Å². The molecule has 4 heterocycles. The van der Waals surface area contributed by atoms with E-state index in [4.69, 9.17) is 21.8 Å². The first-order valence-electron chi connectivity index (χ1n) is 9.79. The minimum atomic E-state index is 0.196. The van der Waals surface area contributed by atoms with Gasteiger partial charge in [0.15, 0.2) is 5.65 Å². The number of aromatic nitrogens is 5. The van der Waals surface area contributed by atoms with Crippen LogP contribution in [0.2, 0.25) is 5.15 Å². The van der Waals surface area contributed by atoms with Gasteiger partial charge in [0.1, 0.15) is 11.0 Å². The maximum absolute atomic E-state index is 6.82.